The molecule has 0 saturated carbocycles. The second-order valence-electron chi connectivity index (χ2n) is 8.89. The van der Waals surface area contributed by atoms with Crippen molar-refractivity contribution in [2.75, 3.05) is 33.2 Å². The lowest BCUT2D eigenvalue weighted by molar-refractivity contribution is 0.0215. The average molecular weight is 393 g/mol. The van der Waals surface area contributed by atoms with Crippen molar-refractivity contribution in [1.82, 2.24) is 29.4 Å². The molecule has 152 valence electrons. The van der Waals surface area contributed by atoms with Crippen molar-refractivity contribution >= 4 is 5.78 Å². The standard InChI is InChI=1S/C22H28N6O/c1-26-13-18(17-5-3-2-4-6-17)12-22(15-26)7-9-27(10-8-22)14-19-11-20(29)28-21(25-19)23-16-24-28/h2-6,11,16,18H,7-10,12-15H2,1H3,(H,23,24,25). The quantitative estimate of drug-likeness (QED) is 0.739. The zero-order valence-corrected chi connectivity index (χ0v) is 16.9. The monoisotopic (exact) mass is 392 g/mol. The third-order valence-electron chi connectivity index (χ3n) is 6.71. The molecular weight excluding hydrogens is 364 g/mol. The van der Waals surface area contributed by atoms with Crippen molar-refractivity contribution in [1.29, 1.82) is 0 Å². The van der Waals surface area contributed by atoms with E-state index in [2.05, 4.69) is 62.2 Å². The van der Waals surface area contributed by atoms with Crippen LogP contribution in [0.15, 0.2) is 47.5 Å². The van der Waals surface area contributed by atoms with E-state index < -0.39 is 0 Å². The van der Waals surface area contributed by atoms with E-state index in [1.165, 1.54) is 42.2 Å². The van der Waals surface area contributed by atoms with Gasteiger partial charge in [0.25, 0.3) is 11.3 Å². The van der Waals surface area contributed by atoms with Crippen molar-refractivity contribution < 1.29 is 0 Å². The summed E-state index contributed by atoms with van der Waals surface area (Å²) in [6.45, 7) is 5.15. The minimum Gasteiger partial charge on any atom is -0.305 e. The van der Waals surface area contributed by atoms with Crippen LogP contribution >= 0.6 is 0 Å². The Balaban J connectivity index is 1.27. The van der Waals surface area contributed by atoms with Crippen LogP contribution in [-0.4, -0.2) is 62.6 Å². The second-order valence-corrected chi connectivity index (χ2v) is 8.89. The first-order valence-electron chi connectivity index (χ1n) is 10.5. The predicted octanol–water partition coefficient (Wildman–Crippen LogP) is 2.12. The van der Waals surface area contributed by atoms with Gasteiger partial charge < -0.3 is 4.90 Å². The fraction of sp³-hybridized carbons (Fsp3) is 0.500. The number of aromatic amines is 1. The number of benzene rings is 1. The first-order valence-corrected chi connectivity index (χ1v) is 10.5. The maximum absolute atomic E-state index is 12.2. The number of likely N-dealkylation sites (N-methyl/N-ethyl adjacent to an activating group) is 1. The molecule has 0 bridgehead atoms. The average Bonchev–Trinajstić information content (AvgIpc) is 3.19. The molecule has 1 unspecified atom stereocenters. The largest absolute Gasteiger partial charge is 0.305 e. The number of fused-ring (bicyclic) bond motifs is 1. The summed E-state index contributed by atoms with van der Waals surface area (Å²) in [6, 6.07) is 12.6. The Hall–Kier alpha value is -2.51. The van der Waals surface area contributed by atoms with Gasteiger partial charge in [0.15, 0.2) is 0 Å². The molecular formula is C22H28N6O. The van der Waals surface area contributed by atoms with Crippen molar-refractivity contribution in [3.63, 3.8) is 0 Å². The van der Waals surface area contributed by atoms with Crippen molar-refractivity contribution in [2.24, 2.45) is 5.41 Å². The molecule has 0 aliphatic carbocycles. The van der Waals surface area contributed by atoms with Gasteiger partial charge in [-0.05, 0) is 56.3 Å². The molecule has 1 atom stereocenters. The number of nitrogens with one attached hydrogen (secondary N) is 1. The van der Waals surface area contributed by atoms with Crippen LogP contribution < -0.4 is 5.56 Å². The molecule has 2 aliphatic heterocycles. The Morgan fingerprint density at radius 3 is 2.79 bits per heavy atom. The Bertz CT molecular complexity index is 1030. The van der Waals surface area contributed by atoms with Gasteiger partial charge in [-0.25, -0.2) is 9.97 Å². The Kier molecular flexibility index (Phi) is 4.72. The van der Waals surface area contributed by atoms with Crippen molar-refractivity contribution in [3.05, 3.63) is 64.3 Å². The number of hydrogen-bond acceptors (Lipinski definition) is 5. The van der Waals surface area contributed by atoms with Crippen LogP contribution in [-0.2, 0) is 6.54 Å². The number of piperidine rings is 2. The van der Waals surface area contributed by atoms with E-state index in [1.54, 1.807) is 6.07 Å². The Morgan fingerprint density at radius 1 is 1.21 bits per heavy atom. The van der Waals surface area contributed by atoms with E-state index in [0.717, 1.165) is 25.3 Å². The highest BCUT2D eigenvalue weighted by molar-refractivity contribution is 5.26. The molecule has 3 aromatic rings. The van der Waals surface area contributed by atoms with Crippen LogP contribution in [0.3, 0.4) is 0 Å². The Morgan fingerprint density at radius 2 is 2.00 bits per heavy atom. The van der Waals surface area contributed by atoms with E-state index in [4.69, 9.17) is 0 Å². The van der Waals surface area contributed by atoms with E-state index in [9.17, 15) is 4.79 Å². The summed E-state index contributed by atoms with van der Waals surface area (Å²) < 4.78 is 1.37. The molecule has 7 heteroatoms. The van der Waals surface area contributed by atoms with E-state index >= 15 is 0 Å². The van der Waals surface area contributed by atoms with Gasteiger partial charge in [-0.15, -0.1) is 0 Å². The minimum absolute atomic E-state index is 0.101. The van der Waals surface area contributed by atoms with E-state index in [-0.39, 0.29) is 5.56 Å². The van der Waals surface area contributed by atoms with Crippen molar-refractivity contribution in [2.45, 2.75) is 31.7 Å². The van der Waals surface area contributed by atoms with Gasteiger partial charge in [-0.3, -0.25) is 14.8 Å². The molecule has 1 N–H and O–H groups in total. The highest BCUT2D eigenvalue weighted by atomic mass is 16.1. The zero-order chi connectivity index (χ0) is 19.8. The van der Waals surface area contributed by atoms with Gasteiger partial charge in [0.05, 0.1) is 5.69 Å². The molecule has 7 nitrogen and oxygen atoms in total. The Labute approximate surface area is 170 Å². The van der Waals surface area contributed by atoms with Gasteiger partial charge in [0, 0.05) is 25.7 Å². The highest BCUT2D eigenvalue weighted by Crippen LogP contribution is 2.44. The molecule has 0 amide bonds. The minimum atomic E-state index is -0.101. The number of rotatable bonds is 3. The third-order valence-corrected chi connectivity index (χ3v) is 6.71. The van der Waals surface area contributed by atoms with Gasteiger partial charge >= 0.3 is 0 Å². The van der Waals surface area contributed by atoms with E-state index in [1.807, 2.05) is 0 Å². The zero-order valence-electron chi connectivity index (χ0n) is 16.9. The summed E-state index contributed by atoms with van der Waals surface area (Å²) in [6.07, 6.45) is 5.17. The molecule has 2 saturated heterocycles. The molecule has 5 rings (SSSR count). The normalized spacial score (nSPS) is 23.0. The summed E-state index contributed by atoms with van der Waals surface area (Å²) in [7, 11) is 2.26. The third kappa shape index (κ3) is 3.72. The molecule has 2 aliphatic rings. The number of hydrogen-bond donors (Lipinski definition) is 1. The van der Waals surface area contributed by atoms with Gasteiger partial charge in [-0.1, -0.05) is 30.3 Å². The van der Waals surface area contributed by atoms with Crippen LogP contribution in [0.4, 0.5) is 0 Å². The topological polar surface area (TPSA) is 69.5 Å². The molecule has 2 aromatic heterocycles. The first kappa shape index (κ1) is 18.5. The first-order chi connectivity index (χ1) is 14.1. The molecule has 2 fully saturated rings. The highest BCUT2D eigenvalue weighted by Gasteiger charge is 2.41. The number of likely N-dealkylation sites (tertiary alicyclic amines) is 2. The smallest absolute Gasteiger partial charge is 0.274 e. The van der Waals surface area contributed by atoms with E-state index in [0.29, 0.717) is 23.7 Å². The van der Waals surface area contributed by atoms with Crippen LogP contribution in [0.5, 0.6) is 0 Å². The second kappa shape index (κ2) is 7.39. The van der Waals surface area contributed by atoms with Gasteiger partial charge in [0.2, 0.25) is 0 Å². The summed E-state index contributed by atoms with van der Waals surface area (Å²) in [5, 5.41) is 2.79. The van der Waals surface area contributed by atoms with Crippen molar-refractivity contribution in [3.8, 4) is 0 Å². The maximum Gasteiger partial charge on any atom is 0.274 e. The fourth-order valence-corrected chi connectivity index (χ4v) is 5.34. The maximum atomic E-state index is 12.2. The number of nitrogens with zero attached hydrogens (tertiary/aromatic N) is 5. The van der Waals surface area contributed by atoms with Crippen LogP contribution in [0.1, 0.15) is 36.4 Å². The molecule has 0 radical (unpaired) electrons. The molecule has 4 heterocycles. The van der Waals surface area contributed by atoms with Crippen LogP contribution in [0, 0.1) is 5.41 Å². The SMILES string of the molecule is CN1CC(c2ccccc2)CC2(CCN(Cc3cc(=O)n4[nH]cnc4n3)CC2)C1. The summed E-state index contributed by atoms with van der Waals surface area (Å²) >= 11 is 0. The van der Waals surface area contributed by atoms with Gasteiger partial charge in [-0.2, -0.15) is 4.52 Å². The lowest BCUT2D eigenvalue weighted by Gasteiger charge is -2.49. The fourth-order valence-electron chi connectivity index (χ4n) is 5.34. The van der Waals surface area contributed by atoms with Gasteiger partial charge in [0.1, 0.15) is 6.33 Å². The number of aromatic nitrogens is 4. The summed E-state index contributed by atoms with van der Waals surface area (Å²) in [5.41, 5.74) is 2.57. The molecule has 1 aromatic carbocycles. The molecule has 29 heavy (non-hydrogen) atoms. The summed E-state index contributed by atoms with van der Waals surface area (Å²) in [4.78, 5) is 25.8. The lowest BCUT2D eigenvalue weighted by atomic mass is 9.68. The summed E-state index contributed by atoms with van der Waals surface area (Å²) in [5.74, 6) is 1.06. The number of H-pyrrole nitrogens is 1. The lowest BCUT2D eigenvalue weighted by Crippen LogP contribution is -2.50. The molecule has 1 spiro atoms. The van der Waals surface area contributed by atoms with Crippen LogP contribution in [0.2, 0.25) is 0 Å². The van der Waals surface area contributed by atoms with Crippen LogP contribution in [0.25, 0.3) is 5.78 Å². The predicted molar refractivity (Wildman–Crippen MR) is 112 cm³/mol.